The second kappa shape index (κ2) is 5.11. The monoisotopic (exact) mass is 247 g/mol. The van der Waals surface area contributed by atoms with E-state index in [1.165, 1.54) is 18.4 Å². The molecule has 3 heteroatoms. The number of carboxylic acid groups (broad SMARTS) is 1. The maximum atomic E-state index is 10.9. The molecule has 0 aliphatic heterocycles. The number of aliphatic carboxylic acids is 1. The average Bonchev–Trinajstić information content (AvgIpc) is 3.07. The van der Waals surface area contributed by atoms with Gasteiger partial charge in [0.25, 0.3) is 0 Å². The summed E-state index contributed by atoms with van der Waals surface area (Å²) in [5.41, 5.74) is 2.60. The lowest BCUT2D eigenvalue weighted by atomic mass is 10.00. The molecule has 2 rings (SSSR count). The third-order valence-electron chi connectivity index (χ3n) is 3.83. The van der Waals surface area contributed by atoms with Crippen LogP contribution >= 0.6 is 0 Å². The van der Waals surface area contributed by atoms with Gasteiger partial charge in [-0.15, -0.1) is 0 Å². The third-order valence-corrected chi connectivity index (χ3v) is 3.83. The first-order valence-electron chi connectivity index (χ1n) is 6.53. The van der Waals surface area contributed by atoms with Gasteiger partial charge in [-0.2, -0.15) is 0 Å². The van der Waals surface area contributed by atoms with E-state index in [1.807, 2.05) is 24.3 Å². The van der Waals surface area contributed by atoms with Crippen molar-refractivity contribution in [2.24, 2.45) is 5.41 Å². The third kappa shape index (κ3) is 3.33. The fourth-order valence-corrected chi connectivity index (χ4v) is 1.97. The predicted molar refractivity (Wildman–Crippen MR) is 71.5 cm³/mol. The van der Waals surface area contributed by atoms with E-state index in [-0.39, 0.29) is 0 Å². The molecule has 98 valence electrons. The molecule has 1 unspecified atom stereocenters. The fraction of sp³-hybridized carbons (Fsp3) is 0.533. The highest BCUT2D eigenvalue weighted by molar-refractivity contribution is 5.75. The topological polar surface area (TPSA) is 49.3 Å². The number of nitrogens with one attached hydrogen (secondary N) is 1. The summed E-state index contributed by atoms with van der Waals surface area (Å²) in [4.78, 5) is 10.9. The van der Waals surface area contributed by atoms with E-state index >= 15 is 0 Å². The molecule has 0 radical (unpaired) electrons. The second-order valence-electron chi connectivity index (χ2n) is 5.72. The van der Waals surface area contributed by atoms with E-state index < -0.39 is 11.9 Å². The van der Waals surface area contributed by atoms with Crippen LogP contribution in [-0.4, -0.2) is 17.6 Å². The summed E-state index contributed by atoms with van der Waals surface area (Å²) in [7, 11) is 0. The van der Waals surface area contributed by atoms with Gasteiger partial charge in [-0.1, -0.05) is 31.2 Å². The maximum absolute atomic E-state index is 10.9. The highest BCUT2D eigenvalue weighted by atomic mass is 16.4. The summed E-state index contributed by atoms with van der Waals surface area (Å²) >= 11 is 0. The molecule has 0 amide bonds. The van der Waals surface area contributed by atoms with Crippen LogP contribution in [0.1, 0.15) is 43.7 Å². The minimum atomic E-state index is -0.775. The van der Waals surface area contributed by atoms with Crippen LogP contribution in [0.5, 0.6) is 0 Å². The molecule has 3 nitrogen and oxygen atoms in total. The minimum absolute atomic E-state index is 0.433. The predicted octanol–water partition coefficient (Wildman–Crippen LogP) is 2.76. The molecule has 0 aromatic heterocycles. The Hall–Kier alpha value is -1.35. The van der Waals surface area contributed by atoms with E-state index in [0.29, 0.717) is 5.41 Å². The van der Waals surface area contributed by atoms with Crippen LogP contribution in [0.3, 0.4) is 0 Å². The molecule has 1 aromatic carbocycles. The molecular formula is C15H21NO2. The lowest BCUT2D eigenvalue weighted by molar-refractivity contribution is -0.138. The van der Waals surface area contributed by atoms with Crippen molar-refractivity contribution >= 4 is 5.97 Å². The number of hydrogen-bond acceptors (Lipinski definition) is 2. The van der Waals surface area contributed by atoms with Gasteiger partial charge in [0.15, 0.2) is 0 Å². The summed E-state index contributed by atoms with van der Waals surface area (Å²) in [6.07, 6.45) is 2.66. The smallest absolute Gasteiger partial charge is 0.310 e. The van der Waals surface area contributed by atoms with Gasteiger partial charge in [-0.25, -0.2) is 0 Å². The van der Waals surface area contributed by atoms with E-state index in [9.17, 15) is 4.79 Å². The zero-order valence-electron chi connectivity index (χ0n) is 11.1. The van der Waals surface area contributed by atoms with Crippen molar-refractivity contribution < 1.29 is 9.90 Å². The Morgan fingerprint density at radius 3 is 2.50 bits per heavy atom. The lowest BCUT2D eigenvalue weighted by Gasteiger charge is -2.11. The molecule has 0 spiro atoms. The van der Waals surface area contributed by atoms with Crippen LogP contribution in [0.25, 0.3) is 0 Å². The van der Waals surface area contributed by atoms with Crippen LogP contribution in [0.15, 0.2) is 24.3 Å². The minimum Gasteiger partial charge on any atom is -0.481 e. The quantitative estimate of drug-likeness (QED) is 0.812. The Balaban J connectivity index is 1.85. The van der Waals surface area contributed by atoms with E-state index in [2.05, 4.69) is 12.2 Å². The van der Waals surface area contributed by atoms with E-state index in [4.69, 9.17) is 5.11 Å². The molecule has 1 atom stereocenters. The highest BCUT2D eigenvalue weighted by Gasteiger charge is 2.36. The fourth-order valence-electron chi connectivity index (χ4n) is 1.97. The molecule has 1 fully saturated rings. The van der Waals surface area contributed by atoms with E-state index in [0.717, 1.165) is 18.7 Å². The first-order chi connectivity index (χ1) is 8.50. The molecule has 0 heterocycles. The molecule has 1 aromatic rings. The van der Waals surface area contributed by atoms with Gasteiger partial charge in [0.05, 0.1) is 5.92 Å². The van der Waals surface area contributed by atoms with Crippen molar-refractivity contribution in [3.05, 3.63) is 35.4 Å². The molecule has 0 saturated heterocycles. The zero-order valence-corrected chi connectivity index (χ0v) is 11.1. The van der Waals surface area contributed by atoms with Gasteiger partial charge >= 0.3 is 5.97 Å². The van der Waals surface area contributed by atoms with Gasteiger partial charge in [0.2, 0.25) is 0 Å². The zero-order chi connectivity index (χ0) is 13.2. The number of carbonyl (C=O) groups is 1. The normalized spacial score (nSPS) is 18.3. The Labute approximate surface area is 108 Å². The summed E-state index contributed by atoms with van der Waals surface area (Å²) < 4.78 is 0. The molecular weight excluding hydrogens is 226 g/mol. The van der Waals surface area contributed by atoms with Gasteiger partial charge in [0, 0.05) is 13.1 Å². The summed E-state index contributed by atoms with van der Waals surface area (Å²) in [5.74, 6) is -1.21. The average molecular weight is 247 g/mol. The molecule has 18 heavy (non-hydrogen) atoms. The first kappa shape index (κ1) is 13.1. The molecule has 1 aliphatic rings. The molecule has 1 aliphatic carbocycles. The maximum Gasteiger partial charge on any atom is 0.310 e. The Bertz CT molecular complexity index is 421. The van der Waals surface area contributed by atoms with Crippen molar-refractivity contribution in [2.45, 2.75) is 39.2 Å². The number of hydrogen-bond donors (Lipinski definition) is 2. The van der Waals surface area contributed by atoms with E-state index in [1.54, 1.807) is 6.92 Å². The van der Waals surface area contributed by atoms with Crippen molar-refractivity contribution in [3.8, 4) is 0 Å². The van der Waals surface area contributed by atoms with Gasteiger partial charge in [-0.3, -0.25) is 4.79 Å². The Morgan fingerprint density at radius 1 is 1.39 bits per heavy atom. The largest absolute Gasteiger partial charge is 0.481 e. The van der Waals surface area contributed by atoms with Crippen LogP contribution in [0.4, 0.5) is 0 Å². The van der Waals surface area contributed by atoms with Gasteiger partial charge < -0.3 is 10.4 Å². The van der Waals surface area contributed by atoms with Crippen molar-refractivity contribution in [2.75, 3.05) is 6.54 Å². The number of benzene rings is 1. The van der Waals surface area contributed by atoms with Crippen LogP contribution in [-0.2, 0) is 11.3 Å². The Kier molecular flexibility index (Phi) is 3.71. The Morgan fingerprint density at radius 2 is 2.00 bits per heavy atom. The number of rotatable bonds is 6. The molecule has 1 saturated carbocycles. The van der Waals surface area contributed by atoms with Gasteiger partial charge in [-0.05, 0) is 36.3 Å². The second-order valence-corrected chi connectivity index (χ2v) is 5.72. The SMILES string of the molecule is CC(C(=O)O)c1ccc(CNCC2(C)CC2)cc1. The molecule has 0 bridgehead atoms. The van der Waals surface area contributed by atoms with Crippen molar-refractivity contribution in [1.82, 2.24) is 5.32 Å². The van der Waals surface area contributed by atoms with Crippen molar-refractivity contribution in [3.63, 3.8) is 0 Å². The van der Waals surface area contributed by atoms with Crippen LogP contribution < -0.4 is 5.32 Å². The molecule has 2 N–H and O–H groups in total. The van der Waals surface area contributed by atoms with Crippen LogP contribution in [0.2, 0.25) is 0 Å². The lowest BCUT2D eigenvalue weighted by Crippen LogP contribution is -2.21. The standard InChI is InChI=1S/C15H21NO2/c1-11(14(17)18)13-5-3-12(4-6-13)9-16-10-15(2)7-8-15/h3-6,11,16H,7-10H2,1-2H3,(H,17,18). The number of carboxylic acids is 1. The van der Waals surface area contributed by atoms with Crippen LogP contribution in [0, 0.1) is 5.41 Å². The first-order valence-corrected chi connectivity index (χ1v) is 6.53. The summed E-state index contributed by atoms with van der Waals surface area (Å²) in [6.45, 7) is 5.94. The summed E-state index contributed by atoms with van der Waals surface area (Å²) in [5, 5.41) is 12.4. The summed E-state index contributed by atoms with van der Waals surface area (Å²) in [6, 6.07) is 7.84. The van der Waals surface area contributed by atoms with Crippen molar-refractivity contribution in [1.29, 1.82) is 0 Å². The van der Waals surface area contributed by atoms with Gasteiger partial charge in [0.1, 0.15) is 0 Å². The highest BCUT2D eigenvalue weighted by Crippen LogP contribution is 2.44.